The van der Waals surface area contributed by atoms with Crippen LogP contribution in [0.3, 0.4) is 0 Å². The van der Waals surface area contributed by atoms with E-state index in [0.29, 0.717) is 5.69 Å². The average Bonchev–Trinajstić information content (AvgIpc) is 2.69. The lowest BCUT2D eigenvalue weighted by Gasteiger charge is -2.13. The van der Waals surface area contributed by atoms with Crippen molar-refractivity contribution >= 4 is 28.7 Å². The largest absolute Gasteiger partial charge is 0.356 e. The van der Waals surface area contributed by atoms with E-state index in [2.05, 4.69) is 10.6 Å². The molecule has 0 aliphatic heterocycles. The number of benzene rings is 3. The molecule has 6 heteroatoms. The minimum absolute atomic E-state index is 0.00728. The molecule has 0 spiro atoms. The second kappa shape index (κ2) is 8.14. The predicted octanol–water partition coefficient (Wildman–Crippen LogP) is 5.08. The maximum Gasteiger partial charge on any atom is 0.269 e. The van der Waals surface area contributed by atoms with Crippen molar-refractivity contribution in [3.63, 3.8) is 0 Å². The van der Waals surface area contributed by atoms with Gasteiger partial charge in [-0.05, 0) is 48.9 Å². The van der Waals surface area contributed by atoms with Gasteiger partial charge >= 0.3 is 0 Å². The number of hydrogen-bond donors (Lipinski definition) is 2. The van der Waals surface area contributed by atoms with Crippen LogP contribution in [0.15, 0.2) is 78.9 Å². The summed E-state index contributed by atoms with van der Waals surface area (Å²) in [6.45, 7) is 1.77. The quantitative estimate of drug-likeness (QED) is 0.474. The molecule has 0 unspecified atom stereocenters. The van der Waals surface area contributed by atoms with Crippen molar-refractivity contribution in [2.24, 2.45) is 0 Å². The number of hydrogen-bond acceptors (Lipinski definition) is 4. The molecule has 136 valence electrons. The second-order valence-corrected chi connectivity index (χ2v) is 6.13. The van der Waals surface area contributed by atoms with Crippen molar-refractivity contribution < 1.29 is 9.72 Å². The topological polar surface area (TPSA) is 84.3 Å². The fourth-order valence-electron chi connectivity index (χ4n) is 2.61. The third kappa shape index (κ3) is 4.70. The molecule has 3 aromatic rings. The number of rotatable bonds is 6. The van der Waals surface area contributed by atoms with Crippen molar-refractivity contribution in [1.29, 1.82) is 0 Å². The van der Waals surface area contributed by atoms with Gasteiger partial charge in [-0.1, -0.05) is 30.3 Å². The molecule has 3 aromatic carbocycles. The average molecular weight is 361 g/mol. The van der Waals surface area contributed by atoms with Crippen LogP contribution in [0, 0.1) is 10.1 Å². The van der Waals surface area contributed by atoms with Crippen LogP contribution in [0.2, 0.25) is 0 Å². The molecule has 3 rings (SSSR count). The van der Waals surface area contributed by atoms with Gasteiger partial charge in [0.15, 0.2) is 0 Å². The number of carbonyl (C=O) groups is 1. The molecule has 6 nitrogen and oxygen atoms in total. The van der Waals surface area contributed by atoms with E-state index >= 15 is 0 Å². The summed E-state index contributed by atoms with van der Waals surface area (Å²) in [4.78, 5) is 22.7. The maximum absolute atomic E-state index is 12.4. The number of anilines is 3. The van der Waals surface area contributed by atoms with Crippen molar-refractivity contribution in [3.05, 3.63) is 94.5 Å². The van der Waals surface area contributed by atoms with Crippen LogP contribution in [0.4, 0.5) is 22.7 Å². The highest BCUT2D eigenvalue weighted by Gasteiger charge is 2.16. The highest BCUT2D eigenvalue weighted by molar-refractivity contribution is 5.95. The fourth-order valence-corrected chi connectivity index (χ4v) is 2.61. The molecule has 1 atom stereocenters. The molecule has 0 bridgehead atoms. The summed E-state index contributed by atoms with van der Waals surface area (Å²) in [6.07, 6.45) is 0. The van der Waals surface area contributed by atoms with E-state index in [1.54, 1.807) is 19.1 Å². The van der Waals surface area contributed by atoms with Gasteiger partial charge in [0.2, 0.25) is 5.91 Å². The molecule has 1 amide bonds. The normalized spacial score (nSPS) is 11.4. The van der Waals surface area contributed by atoms with Crippen LogP contribution in [-0.4, -0.2) is 10.8 Å². The Morgan fingerprint density at radius 2 is 1.41 bits per heavy atom. The van der Waals surface area contributed by atoms with Gasteiger partial charge in [-0.25, -0.2) is 0 Å². The Kier molecular flexibility index (Phi) is 5.47. The first-order valence-corrected chi connectivity index (χ1v) is 8.50. The van der Waals surface area contributed by atoms with E-state index in [9.17, 15) is 14.9 Å². The monoisotopic (exact) mass is 361 g/mol. The van der Waals surface area contributed by atoms with E-state index in [-0.39, 0.29) is 11.6 Å². The van der Waals surface area contributed by atoms with E-state index in [4.69, 9.17) is 0 Å². The molecule has 2 N–H and O–H groups in total. The lowest BCUT2D eigenvalue weighted by molar-refractivity contribution is -0.384. The highest BCUT2D eigenvalue weighted by atomic mass is 16.6. The Morgan fingerprint density at radius 3 is 2.00 bits per heavy atom. The summed E-state index contributed by atoms with van der Waals surface area (Å²) >= 11 is 0. The number of carbonyl (C=O) groups excluding carboxylic acids is 1. The maximum atomic E-state index is 12.4. The molecule has 0 saturated heterocycles. The van der Waals surface area contributed by atoms with Crippen molar-refractivity contribution in [2.75, 3.05) is 10.6 Å². The molecule has 0 aromatic heterocycles. The predicted molar refractivity (Wildman–Crippen MR) is 106 cm³/mol. The third-order valence-electron chi connectivity index (χ3n) is 4.21. The summed E-state index contributed by atoms with van der Waals surface area (Å²) in [5.41, 5.74) is 3.32. The van der Waals surface area contributed by atoms with E-state index in [0.717, 1.165) is 16.9 Å². The van der Waals surface area contributed by atoms with Gasteiger partial charge in [-0.3, -0.25) is 14.9 Å². The van der Waals surface area contributed by atoms with Crippen LogP contribution in [0.25, 0.3) is 0 Å². The number of amides is 1. The lowest BCUT2D eigenvalue weighted by Crippen LogP contribution is -2.18. The summed E-state index contributed by atoms with van der Waals surface area (Å²) in [7, 11) is 0. The zero-order valence-electron chi connectivity index (χ0n) is 14.8. The van der Waals surface area contributed by atoms with Crippen LogP contribution < -0.4 is 10.6 Å². The standard InChI is InChI=1S/C21H19N3O3/c1-15(16-7-13-20(14-8-16)24(26)27)21(25)23-19-11-9-18(10-12-19)22-17-5-3-2-4-6-17/h2-15,22H,1H3,(H,23,25)/t15-/m0/s1. The number of nitro benzene ring substituents is 1. The minimum Gasteiger partial charge on any atom is -0.356 e. The summed E-state index contributed by atoms with van der Waals surface area (Å²) < 4.78 is 0. The highest BCUT2D eigenvalue weighted by Crippen LogP contribution is 2.22. The Hall–Kier alpha value is -3.67. The fraction of sp³-hybridized carbons (Fsp3) is 0.0952. The Morgan fingerprint density at radius 1 is 0.852 bits per heavy atom. The SMILES string of the molecule is C[C@H](C(=O)Nc1ccc(Nc2ccccc2)cc1)c1ccc([N+](=O)[O-])cc1. The Bertz CT molecular complexity index is 923. The van der Waals surface area contributed by atoms with Gasteiger partial charge in [0.1, 0.15) is 0 Å². The van der Waals surface area contributed by atoms with Crippen molar-refractivity contribution in [2.45, 2.75) is 12.8 Å². The zero-order chi connectivity index (χ0) is 19.2. The molecule has 0 radical (unpaired) electrons. The molecular weight excluding hydrogens is 342 g/mol. The van der Waals surface area contributed by atoms with E-state index in [1.807, 2.05) is 54.6 Å². The van der Waals surface area contributed by atoms with Gasteiger partial charge in [0.25, 0.3) is 5.69 Å². The van der Waals surface area contributed by atoms with Crippen LogP contribution in [0.1, 0.15) is 18.4 Å². The Labute approximate surface area is 157 Å². The molecule has 0 fully saturated rings. The van der Waals surface area contributed by atoms with Gasteiger partial charge in [0, 0.05) is 29.2 Å². The first-order valence-electron chi connectivity index (χ1n) is 8.50. The Balaban J connectivity index is 1.62. The van der Waals surface area contributed by atoms with Gasteiger partial charge in [-0.2, -0.15) is 0 Å². The van der Waals surface area contributed by atoms with Crippen molar-refractivity contribution in [3.8, 4) is 0 Å². The molecular formula is C21H19N3O3. The number of non-ortho nitro benzene ring substituents is 1. The van der Waals surface area contributed by atoms with E-state index < -0.39 is 10.8 Å². The third-order valence-corrected chi connectivity index (χ3v) is 4.21. The molecule has 0 aliphatic rings. The number of nitrogens with zero attached hydrogens (tertiary/aromatic N) is 1. The number of nitro groups is 1. The van der Waals surface area contributed by atoms with Crippen LogP contribution in [-0.2, 0) is 4.79 Å². The molecule has 0 aliphatic carbocycles. The number of para-hydroxylation sites is 1. The second-order valence-electron chi connectivity index (χ2n) is 6.13. The molecule has 0 saturated carbocycles. The van der Waals surface area contributed by atoms with Crippen molar-refractivity contribution in [1.82, 2.24) is 0 Å². The summed E-state index contributed by atoms with van der Waals surface area (Å²) in [5.74, 6) is -0.597. The van der Waals surface area contributed by atoms with Gasteiger partial charge in [-0.15, -0.1) is 0 Å². The molecule has 0 heterocycles. The summed E-state index contributed by atoms with van der Waals surface area (Å²) in [6, 6.07) is 23.3. The first kappa shape index (κ1) is 18.1. The van der Waals surface area contributed by atoms with Crippen LogP contribution >= 0.6 is 0 Å². The number of nitrogens with one attached hydrogen (secondary N) is 2. The first-order chi connectivity index (χ1) is 13.0. The smallest absolute Gasteiger partial charge is 0.269 e. The molecule has 27 heavy (non-hydrogen) atoms. The zero-order valence-corrected chi connectivity index (χ0v) is 14.8. The summed E-state index contributed by atoms with van der Waals surface area (Å²) in [5, 5.41) is 16.9. The lowest BCUT2D eigenvalue weighted by atomic mass is 10.00. The van der Waals surface area contributed by atoms with Crippen LogP contribution in [0.5, 0.6) is 0 Å². The van der Waals surface area contributed by atoms with Gasteiger partial charge in [0.05, 0.1) is 10.8 Å². The van der Waals surface area contributed by atoms with Gasteiger partial charge < -0.3 is 10.6 Å². The minimum atomic E-state index is -0.459. The van der Waals surface area contributed by atoms with E-state index in [1.165, 1.54) is 12.1 Å².